The molecule has 1 aliphatic heterocycles. The van der Waals surface area contributed by atoms with Gasteiger partial charge in [-0.1, -0.05) is 12.1 Å². The molecule has 3 nitrogen and oxygen atoms in total. The van der Waals surface area contributed by atoms with Gasteiger partial charge >= 0.3 is 0 Å². The first kappa shape index (κ1) is 16.8. The number of hydrogen-bond acceptors (Lipinski definition) is 3. The number of rotatable bonds is 2. The van der Waals surface area contributed by atoms with Crippen LogP contribution in [0.1, 0.15) is 29.2 Å². The van der Waals surface area contributed by atoms with Crippen molar-refractivity contribution in [1.82, 2.24) is 15.1 Å². The summed E-state index contributed by atoms with van der Waals surface area (Å²) >= 11 is 0. The van der Waals surface area contributed by atoms with Gasteiger partial charge in [-0.05, 0) is 73.5 Å². The average molecular weight is 351 g/mol. The summed E-state index contributed by atoms with van der Waals surface area (Å²) in [5.74, 6) is -1.10. The van der Waals surface area contributed by atoms with Crippen LogP contribution in [0.3, 0.4) is 0 Å². The molecular formula is C21H19F2N3. The largest absolute Gasteiger partial charge is 0.295 e. The molecule has 3 aromatic rings. The van der Waals surface area contributed by atoms with Gasteiger partial charge < -0.3 is 0 Å². The van der Waals surface area contributed by atoms with Crippen molar-refractivity contribution < 1.29 is 8.78 Å². The van der Waals surface area contributed by atoms with E-state index in [0.29, 0.717) is 5.56 Å². The number of fused-ring (bicyclic) bond motifs is 1. The van der Waals surface area contributed by atoms with E-state index < -0.39 is 11.6 Å². The van der Waals surface area contributed by atoms with Crippen molar-refractivity contribution in [1.29, 1.82) is 0 Å². The van der Waals surface area contributed by atoms with E-state index in [0.717, 1.165) is 42.3 Å². The molecule has 0 aliphatic carbocycles. The molecular weight excluding hydrogens is 332 g/mol. The van der Waals surface area contributed by atoms with Crippen molar-refractivity contribution in [2.75, 3.05) is 13.6 Å². The molecule has 26 heavy (non-hydrogen) atoms. The van der Waals surface area contributed by atoms with E-state index in [1.165, 1.54) is 17.7 Å². The average Bonchev–Trinajstić information content (AvgIpc) is 2.79. The Hall–Kier alpha value is -2.66. The van der Waals surface area contributed by atoms with Crippen LogP contribution in [0.4, 0.5) is 8.78 Å². The molecule has 4 rings (SSSR count). The van der Waals surface area contributed by atoms with Gasteiger partial charge in [-0.15, -0.1) is 0 Å². The Kier molecular flexibility index (Phi) is 4.47. The maximum atomic E-state index is 13.9. The number of aryl methyl sites for hydroxylation is 1. The first-order valence-corrected chi connectivity index (χ1v) is 8.69. The minimum absolute atomic E-state index is 0.200. The molecule has 1 unspecified atom stereocenters. The van der Waals surface area contributed by atoms with E-state index >= 15 is 0 Å². The fraction of sp³-hybridized carbons (Fsp3) is 0.238. The van der Waals surface area contributed by atoms with Crippen LogP contribution >= 0.6 is 0 Å². The number of hydrogen-bond donors (Lipinski definition) is 0. The van der Waals surface area contributed by atoms with Gasteiger partial charge in [0, 0.05) is 17.8 Å². The van der Waals surface area contributed by atoms with E-state index in [9.17, 15) is 8.78 Å². The second-order valence-electron chi connectivity index (χ2n) is 6.71. The number of benzene rings is 2. The van der Waals surface area contributed by atoms with Crippen LogP contribution in [0.25, 0.3) is 11.3 Å². The standard InChI is InChI=1S/C21H19F2N3/c1-26-9-3-4-14-6-7-15(20-5-2-8-24-25-20)12-19(14)21(26)16-10-17(22)13-18(23)11-16/h2,5-8,10-13,21H,3-4,9H2,1H3. The Balaban J connectivity index is 1.87. The number of halogens is 2. The summed E-state index contributed by atoms with van der Waals surface area (Å²) in [6.45, 7) is 0.859. The van der Waals surface area contributed by atoms with Gasteiger partial charge in [-0.2, -0.15) is 10.2 Å². The SMILES string of the molecule is CN1CCCc2ccc(-c3cccnn3)cc2C1c1cc(F)cc(F)c1. The quantitative estimate of drug-likeness (QED) is 0.686. The second kappa shape index (κ2) is 6.92. The van der Waals surface area contributed by atoms with Crippen molar-refractivity contribution in [3.63, 3.8) is 0 Å². The molecule has 2 heterocycles. The lowest BCUT2D eigenvalue weighted by Gasteiger charge is -2.28. The third-order valence-electron chi connectivity index (χ3n) is 4.91. The third-order valence-corrected chi connectivity index (χ3v) is 4.91. The van der Waals surface area contributed by atoms with Crippen LogP contribution in [0, 0.1) is 11.6 Å². The molecule has 0 saturated heterocycles. The summed E-state index contributed by atoms with van der Waals surface area (Å²) in [5, 5.41) is 8.13. The molecule has 2 aromatic carbocycles. The van der Waals surface area contributed by atoms with E-state index in [1.807, 2.05) is 25.2 Å². The molecule has 0 spiro atoms. The lowest BCUT2D eigenvalue weighted by Crippen LogP contribution is -2.25. The van der Waals surface area contributed by atoms with Crippen molar-refractivity contribution in [2.24, 2.45) is 0 Å². The molecule has 0 saturated carbocycles. The number of nitrogens with zero attached hydrogens (tertiary/aromatic N) is 3. The number of aromatic nitrogens is 2. The van der Waals surface area contributed by atoms with Gasteiger partial charge in [0.2, 0.25) is 0 Å². The summed E-state index contributed by atoms with van der Waals surface area (Å²) in [7, 11) is 2.00. The Bertz CT molecular complexity index is 908. The molecule has 132 valence electrons. The predicted molar refractivity (Wildman–Crippen MR) is 96.6 cm³/mol. The first-order chi connectivity index (χ1) is 12.6. The Morgan fingerprint density at radius 3 is 2.58 bits per heavy atom. The van der Waals surface area contributed by atoms with Gasteiger partial charge in [-0.25, -0.2) is 8.78 Å². The summed E-state index contributed by atoms with van der Waals surface area (Å²) in [6, 6.07) is 13.5. The highest BCUT2D eigenvalue weighted by atomic mass is 19.1. The monoisotopic (exact) mass is 351 g/mol. The van der Waals surface area contributed by atoms with Crippen LogP contribution in [0.5, 0.6) is 0 Å². The van der Waals surface area contributed by atoms with Crippen LogP contribution in [0.2, 0.25) is 0 Å². The van der Waals surface area contributed by atoms with Crippen molar-refractivity contribution in [2.45, 2.75) is 18.9 Å². The summed E-state index contributed by atoms with van der Waals surface area (Å²) < 4.78 is 27.7. The molecule has 1 atom stereocenters. The summed E-state index contributed by atoms with van der Waals surface area (Å²) in [4.78, 5) is 2.15. The molecule has 0 fully saturated rings. The van der Waals surface area contributed by atoms with Crippen molar-refractivity contribution in [3.8, 4) is 11.3 Å². The lowest BCUT2D eigenvalue weighted by atomic mass is 9.91. The highest BCUT2D eigenvalue weighted by Gasteiger charge is 2.26. The minimum atomic E-state index is -0.552. The highest BCUT2D eigenvalue weighted by molar-refractivity contribution is 5.61. The topological polar surface area (TPSA) is 29.0 Å². The molecule has 0 N–H and O–H groups in total. The molecule has 1 aromatic heterocycles. The van der Waals surface area contributed by atoms with Crippen LogP contribution < -0.4 is 0 Å². The predicted octanol–water partition coefficient (Wildman–Crippen LogP) is 4.39. The van der Waals surface area contributed by atoms with Crippen LogP contribution in [0.15, 0.2) is 54.7 Å². The fourth-order valence-corrected chi connectivity index (χ4v) is 3.74. The molecule has 0 bridgehead atoms. The van der Waals surface area contributed by atoms with E-state index in [4.69, 9.17) is 0 Å². The van der Waals surface area contributed by atoms with Gasteiger partial charge in [-0.3, -0.25) is 4.90 Å². The van der Waals surface area contributed by atoms with Gasteiger partial charge in [0.1, 0.15) is 11.6 Å². The normalized spacial score (nSPS) is 17.6. The second-order valence-corrected chi connectivity index (χ2v) is 6.71. The lowest BCUT2D eigenvalue weighted by molar-refractivity contribution is 0.283. The summed E-state index contributed by atoms with van der Waals surface area (Å²) in [6.07, 6.45) is 3.58. The Labute approximate surface area is 151 Å². The zero-order chi connectivity index (χ0) is 18.1. The Morgan fingerprint density at radius 1 is 1.04 bits per heavy atom. The van der Waals surface area contributed by atoms with Gasteiger partial charge in [0.05, 0.1) is 11.7 Å². The molecule has 1 aliphatic rings. The maximum absolute atomic E-state index is 13.9. The van der Waals surface area contributed by atoms with Crippen LogP contribution in [-0.4, -0.2) is 28.7 Å². The zero-order valence-electron chi connectivity index (χ0n) is 14.5. The fourth-order valence-electron chi connectivity index (χ4n) is 3.74. The van der Waals surface area contributed by atoms with E-state index in [1.54, 1.807) is 6.20 Å². The molecule has 0 radical (unpaired) electrons. The van der Waals surface area contributed by atoms with Gasteiger partial charge in [0.15, 0.2) is 0 Å². The molecule has 5 heteroatoms. The van der Waals surface area contributed by atoms with E-state index in [2.05, 4.69) is 27.2 Å². The van der Waals surface area contributed by atoms with Gasteiger partial charge in [0.25, 0.3) is 0 Å². The zero-order valence-corrected chi connectivity index (χ0v) is 14.5. The van der Waals surface area contributed by atoms with Crippen molar-refractivity contribution >= 4 is 0 Å². The van der Waals surface area contributed by atoms with Crippen LogP contribution in [-0.2, 0) is 6.42 Å². The minimum Gasteiger partial charge on any atom is -0.295 e. The highest BCUT2D eigenvalue weighted by Crippen LogP contribution is 2.36. The maximum Gasteiger partial charge on any atom is 0.126 e. The smallest absolute Gasteiger partial charge is 0.126 e. The van der Waals surface area contributed by atoms with Crippen molar-refractivity contribution in [3.05, 3.63) is 83.1 Å². The van der Waals surface area contributed by atoms with E-state index in [-0.39, 0.29) is 6.04 Å². The first-order valence-electron chi connectivity index (χ1n) is 8.69. The summed E-state index contributed by atoms with van der Waals surface area (Å²) in [5.41, 5.74) is 4.64. The molecule has 0 amide bonds. The third kappa shape index (κ3) is 3.22. The Morgan fingerprint density at radius 2 is 1.85 bits per heavy atom.